The van der Waals surface area contributed by atoms with Gasteiger partial charge in [0.15, 0.2) is 5.65 Å². The van der Waals surface area contributed by atoms with Crippen LogP contribution in [0.3, 0.4) is 0 Å². The zero-order valence-electron chi connectivity index (χ0n) is 15.1. The lowest BCUT2D eigenvalue weighted by Crippen LogP contribution is -2.41. The van der Waals surface area contributed by atoms with Gasteiger partial charge in [-0.25, -0.2) is 14.8 Å². The average Bonchev–Trinajstić information content (AvgIpc) is 3.12. The van der Waals surface area contributed by atoms with E-state index < -0.39 is 0 Å². The van der Waals surface area contributed by atoms with E-state index in [1.807, 2.05) is 29.2 Å². The number of anilines is 1. The van der Waals surface area contributed by atoms with E-state index in [-0.39, 0.29) is 5.97 Å². The van der Waals surface area contributed by atoms with Crippen molar-refractivity contribution in [2.24, 2.45) is 0 Å². The second-order valence-corrected chi connectivity index (χ2v) is 6.11. The summed E-state index contributed by atoms with van der Waals surface area (Å²) in [5, 5.41) is 0. The second-order valence-electron chi connectivity index (χ2n) is 6.11. The molecule has 1 aliphatic heterocycles. The summed E-state index contributed by atoms with van der Waals surface area (Å²) < 4.78 is 10.2. The van der Waals surface area contributed by atoms with Crippen molar-refractivity contribution in [1.29, 1.82) is 0 Å². The highest BCUT2D eigenvalue weighted by Gasteiger charge is 2.25. The van der Waals surface area contributed by atoms with Crippen LogP contribution in [-0.4, -0.2) is 52.7 Å². The number of fused-ring (bicyclic) bond motifs is 1. The minimum Gasteiger partial charge on any atom is -0.497 e. The SMILES string of the molecule is CCOC(=O)C=C1CN(c2nc(-c3ccc(OC)cc3)c3[nH]cnc3n2)C1. The number of aromatic nitrogens is 4. The highest BCUT2D eigenvalue weighted by Crippen LogP contribution is 2.29. The van der Waals surface area contributed by atoms with Gasteiger partial charge in [-0.3, -0.25) is 0 Å². The van der Waals surface area contributed by atoms with Gasteiger partial charge >= 0.3 is 5.97 Å². The van der Waals surface area contributed by atoms with E-state index in [2.05, 4.69) is 15.0 Å². The van der Waals surface area contributed by atoms with Gasteiger partial charge in [0, 0.05) is 24.7 Å². The van der Waals surface area contributed by atoms with Gasteiger partial charge in [0.2, 0.25) is 5.95 Å². The van der Waals surface area contributed by atoms with Crippen molar-refractivity contribution in [1.82, 2.24) is 19.9 Å². The first-order valence-electron chi connectivity index (χ1n) is 8.64. The van der Waals surface area contributed by atoms with Gasteiger partial charge in [0.25, 0.3) is 0 Å². The fourth-order valence-electron chi connectivity index (χ4n) is 2.95. The Bertz CT molecular complexity index is 1000. The molecule has 4 rings (SSSR count). The molecule has 0 bridgehead atoms. The molecular formula is C19H19N5O3. The maximum Gasteiger partial charge on any atom is 0.330 e. The van der Waals surface area contributed by atoms with Crippen LogP contribution in [0.2, 0.25) is 0 Å². The molecule has 2 aromatic heterocycles. The van der Waals surface area contributed by atoms with E-state index in [0.29, 0.717) is 31.3 Å². The number of carbonyl (C=O) groups is 1. The molecule has 138 valence electrons. The monoisotopic (exact) mass is 365 g/mol. The molecule has 3 aromatic rings. The van der Waals surface area contributed by atoms with E-state index >= 15 is 0 Å². The lowest BCUT2D eigenvalue weighted by atomic mass is 10.1. The number of carbonyl (C=O) groups excluding carboxylic acids is 1. The molecule has 1 aromatic carbocycles. The maximum absolute atomic E-state index is 11.5. The van der Waals surface area contributed by atoms with E-state index in [1.54, 1.807) is 20.4 Å². The average molecular weight is 365 g/mol. The van der Waals surface area contributed by atoms with E-state index in [1.165, 1.54) is 6.08 Å². The molecule has 0 saturated carbocycles. The summed E-state index contributed by atoms with van der Waals surface area (Å²) in [6.07, 6.45) is 3.15. The minimum atomic E-state index is -0.310. The molecule has 0 radical (unpaired) electrons. The van der Waals surface area contributed by atoms with Crippen molar-refractivity contribution in [2.75, 3.05) is 31.7 Å². The first kappa shape index (κ1) is 17.0. The number of nitrogens with one attached hydrogen (secondary N) is 1. The van der Waals surface area contributed by atoms with Crippen LogP contribution >= 0.6 is 0 Å². The third kappa shape index (κ3) is 3.33. The Morgan fingerprint density at radius 1 is 1.26 bits per heavy atom. The van der Waals surface area contributed by atoms with Crippen LogP contribution in [0.25, 0.3) is 22.4 Å². The summed E-state index contributed by atoms with van der Waals surface area (Å²) in [6.45, 7) is 3.35. The van der Waals surface area contributed by atoms with Crippen molar-refractivity contribution in [2.45, 2.75) is 6.92 Å². The van der Waals surface area contributed by atoms with Gasteiger partial charge in [-0.05, 0) is 36.8 Å². The number of esters is 1. The van der Waals surface area contributed by atoms with Crippen LogP contribution in [0.4, 0.5) is 5.95 Å². The number of methoxy groups -OCH3 is 1. The van der Waals surface area contributed by atoms with Crippen molar-refractivity contribution in [3.05, 3.63) is 42.2 Å². The van der Waals surface area contributed by atoms with Crippen molar-refractivity contribution in [3.63, 3.8) is 0 Å². The van der Waals surface area contributed by atoms with Crippen LogP contribution in [0, 0.1) is 0 Å². The molecule has 27 heavy (non-hydrogen) atoms. The molecule has 3 heterocycles. The van der Waals surface area contributed by atoms with Gasteiger partial charge in [0.1, 0.15) is 17.0 Å². The lowest BCUT2D eigenvalue weighted by molar-refractivity contribution is -0.137. The van der Waals surface area contributed by atoms with E-state index in [4.69, 9.17) is 14.5 Å². The number of benzene rings is 1. The van der Waals surface area contributed by atoms with Crippen LogP contribution in [0.5, 0.6) is 5.75 Å². The normalized spacial score (nSPS) is 13.4. The van der Waals surface area contributed by atoms with Gasteiger partial charge in [-0.2, -0.15) is 4.98 Å². The number of ether oxygens (including phenoxy) is 2. The van der Waals surface area contributed by atoms with Crippen molar-refractivity contribution >= 4 is 23.1 Å². The molecule has 0 atom stereocenters. The number of imidazole rings is 1. The van der Waals surface area contributed by atoms with Crippen LogP contribution in [0.15, 0.2) is 42.2 Å². The second kappa shape index (κ2) is 7.06. The summed E-state index contributed by atoms with van der Waals surface area (Å²) in [4.78, 5) is 30.2. The predicted octanol–water partition coefficient (Wildman–Crippen LogP) is 2.34. The van der Waals surface area contributed by atoms with Crippen LogP contribution in [0.1, 0.15) is 6.92 Å². The third-order valence-electron chi connectivity index (χ3n) is 4.32. The standard InChI is InChI=1S/C19H19N5O3/c1-3-27-15(25)8-12-9-24(10-12)19-22-16(17-18(23-19)21-11-20-17)13-4-6-14(26-2)7-5-13/h4-8,11H,3,9-10H2,1-2H3,(H,20,21,22,23). The summed E-state index contributed by atoms with van der Waals surface area (Å²) in [5.41, 5.74) is 4.10. The molecule has 1 aliphatic rings. The largest absolute Gasteiger partial charge is 0.497 e. The zero-order chi connectivity index (χ0) is 18.8. The minimum absolute atomic E-state index is 0.310. The Balaban J connectivity index is 1.63. The molecule has 1 fully saturated rings. The van der Waals surface area contributed by atoms with Crippen LogP contribution < -0.4 is 9.64 Å². The fourth-order valence-corrected chi connectivity index (χ4v) is 2.95. The molecule has 0 aliphatic carbocycles. The smallest absolute Gasteiger partial charge is 0.330 e. The first-order chi connectivity index (χ1) is 13.2. The third-order valence-corrected chi connectivity index (χ3v) is 4.32. The Kier molecular flexibility index (Phi) is 4.45. The highest BCUT2D eigenvalue weighted by molar-refractivity contribution is 5.88. The number of aromatic amines is 1. The number of nitrogens with zero attached hydrogens (tertiary/aromatic N) is 4. The number of hydrogen-bond acceptors (Lipinski definition) is 7. The summed E-state index contributed by atoms with van der Waals surface area (Å²) in [5.74, 6) is 1.06. The number of H-pyrrole nitrogens is 1. The van der Waals surface area contributed by atoms with Gasteiger partial charge in [-0.1, -0.05) is 0 Å². The Morgan fingerprint density at radius 2 is 2.04 bits per heavy atom. The Morgan fingerprint density at radius 3 is 2.74 bits per heavy atom. The Labute approximate surface area is 155 Å². The molecule has 0 spiro atoms. The van der Waals surface area contributed by atoms with Gasteiger partial charge in [0.05, 0.1) is 20.0 Å². The summed E-state index contributed by atoms with van der Waals surface area (Å²) in [6, 6.07) is 7.69. The molecule has 1 saturated heterocycles. The lowest BCUT2D eigenvalue weighted by Gasteiger charge is -2.33. The van der Waals surface area contributed by atoms with Gasteiger partial charge < -0.3 is 19.4 Å². The quantitative estimate of drug-likeness (QED) is 0.548. The Hall–Kier alpha value is -3.42. The summed E-state index contributed by atoms with van der Waals surface area (Å²) >= 11 is 0. The molecule has 8 nitrogen and oxygen atoms in total. The molecule has 1 N–H and O–H groups in total. The topological polar surface area (TPSA) is 93.2 Å². The molecule has 0 unspecified atom stereocenters. The molecule has 8 heteroatoms. The first-order valence-corrected chi connectivity index (χ1v) is 8.64. The fraction of sp³-hybridized carbons (Fsp3) is 0.263. The van der Waals surface area contributed by atoms with Crippen molar-refractivity contribution < 1.29 is 14.3 Å². The molecule has 0 amide bonds. The van der Waals surface area contributed by atoms with E-state index in [9.17, 15) is 4.79 Å². The van der Waals surface area contributed by atoms with Crippen LogP contribution in [-0.2, 0) is 9.53 Å². The number of hydrogen-bond donors (Lipinski definition) is 1. The zero-order valence-corrected chi connectivity index (χ0v) is 15.1. The number of rotatable bonds is 5. The van der Waals surface area contributed by atoms with Gasteiger partial charge in [-0.15, -0.1) is 0 Å². The maximum atomic E-state index is 11.5. The predicted molar refractivity (Wildman–Crippen MR) is 101 cm³/mol. The van der Waals surface area contributed by atoms with E-state index in [0.717, 1.165) is 28.1 Å². The van der Waals surface area contributed by atoms with Crippen molar-refractivity contribution in [3.8, 4) is 17.0 Å². The molecular weight excluding hydrogens is 346 g/mol. The highest BCUT2D eigenvalue weighted by atomic mass is 16.5. The summed E-state index contributed by atoms with van der Waals surface area (Å²) in [7, 11) is 1.64.